The standard InChI is InChI=1S/C9H12ClN3O/c1-5(2)14-8-4-6(9(11)12)3-7(10)13-8/h3-5H,1-2H3,(H3,11,12). The second-order valence-electron chi connectivity index (χ2n) is 3.10. The Bertz CT molecular complexity index is 352. The monoisotopic (exact) mass is 213 g/mol. The Morgan fingerprint density at radius 1 is 1.57 bits per heavy atom. The molecule has 4 nitrogen and oxygen atoms in total. The van der Waals surface area contributed by atoms with Gasteiger partial charge in [0.05, 0.1) is 6.10 Å². The highest BCUT2D eigenvalue weighted by molar-refractivity contribution is 6.29. The fourth-order valence-electron chi connectivity index (χ4n) is 0.930. The maximum absolute atomic E-state index is 7.25. The van der Waals surface area contributed by atoms with Gasteiger partial charge in [-0.3, -0.25) is 5.41 Å². The second-order valence-corrected chi connectivity index (χ2v) is 3.48. The quantitative estimate of drug-likeness (QED) is 0.457. The molecule has 0 amide bonds. The molecule has 0 atom stereocenters. The largest absolute Gasteiger partial charge is 0.475 e. The average Bonchev–Trinajstić information content (AvgIpc) is 2.01. The van der Waals surface area contributed by atoms with Crippen molar-refractivity contribution in [1.82, 2.24) is 4.98 Å². The first kappa shape index (κ1) is 10.8. The molecule has 0 saturated carbocycles. The van der Waals surface area contributed by atoms with Crippen LogP contribution in [0.4, 0.5) is 0 Å². The number of hydrogen-bond donors (Lipinski definition) is 2. The lowest BCUT2D eigenvalue weighted by atomic mass is 10.2. The van der Waals surface area contributed by atoms with Crippen LogP contribution in [0.1, 0.15) is 19.4 Å². The highest BCUT2D eigenvalue weighted by Gasteiger charge is 2.05. The number of nitrogen functional groups attached to an aromatic ring is 1. The number of amidine groups is 1. The zero-order valence-electron chi connectivity index (χ0n) is 8.04. The molecule has 0 spiro atoms. The van der Waals surface area contributed by atoms with E-state index < -0.39 is 0 Å². The molecule has 0 fully saturated rings. The topological polar surface area (TPSA) is 72.0 Å². The lowest BCUT2D eigenvalue weighted by Crippen LogP contribution is -2.13. The molecule has 0 radical (unpaired) electrons. The van der Waals surface area contributed by atoms with Gasteiger partial charge in [-0.1, -0.05) is 11.6 Å². The summed E-state index contributed by atoms with van der Waals surface area (Å²) in [5.41, 5.74) is 5.84. The summed E-state index contributed by atoms with van der Waals surface area (Å²) in [7, 11) is 0. The van der Waals surface area contributed by atoms with Gasteiger partial charge in [0.15, 0.2) is 0 Å². The number of ether oxygens (including phenoxy) is 1. The Kier molecular flexibility index (Phi) is 3.30. The molecule has 0 aromatic carbocycles. The summed E-state index contributed by atoms with van der Waals surface area (Å²) in [6.07, 6.45) is 0.0146. The van der Waals surface area contributed by atoms with E-state index in [1.165, 1.54) is 6.07 Å². The van der Waals surface area contributed by atoms with Crippen LogP contribution in [0.5, 0.6) is 5.88 Å². The van der Waals surface area contributed by atoms with Crippen LogP contribution < -0.4 is 10.5 Å². The minimum absolute atomic E-state index is 0.0146. The van der Waals surface area contributed by atoms with Gasteiger partial charge in [-0.15, -0.1) is 0 Å². The molecule has 1 heterocycles. The Labute approximate surface area is 87.6 Å². The summed E-state index contributed by atoms with van der Waals surface area (Å²) >= 11 is 5.73. The van der Waals surface area contributed by atoms with Gasteiger partial charge in [0.2, 0.25) is 5.88 Å². The predicted octanol–water partition coefficient (Wildman–Crippen LogP) is 1.81. The maximum atomic E-state index is 7.25. The fourth-order valence-corrected chi connectivity index (χ4v) is 1.13. The van der Waals surface area contributed by atoms with E-state index in [-0.39, 0.29) is 17.1 Å². The zero-order chi connectivity index (χ0) is 10.7. The van der Waals surface area contributed by atoms with Gasteiger partial charge >= 0.3 is 0 Å². The van der Waals surface area contributed by atoms with E-state index in [4.69, 9.17) is 27.5 Å². The van der Waals surface area contributed by atoms with Gasteiger partial charge in [-0.2, -0.15) is 0 Å². The number of nitrogens with one attached hydrogen (secondary N) is 1. The van der Waals surface area contributed by atoms with Crippen molar-refractivity contribution in [2.45, 2.75) is 20.0 Å². The molecule has 0 saturated heterocycles. The summed E-state index contributed by atoms with van der Waals surface area (Å²) in [5.74, 6) is 0.334. The van der Waals surface area contributed by atoms with Gasteiger partial charge in [-0.25, -0.2) is 4.98 Å². The van der Waals surface area contributed by atoms with Crippen molar-refractivity contribution in [1.29, 1.82) is 5.41 Å². The van der Waals surface area contributed by atoms with Crippen LogP contribution in [0.2, 0.25) is 5.15 Å². The lowest BCUT2D eigenvalue weighted by Gasteiger charge is -2.09. The van der Waals surface area contributed by atoms with Crippen LogP contribution in [0.3, 0.4) is 0 Å². The number of nitrogens with zero attached hydrogens (tertiary/aromatic N) is 1. The predicted molar refractivity (Wildman–Crippen MR) is 56.0 cm³/mol. The number of hydrogen-bond acceptors (Lipinski definition) is 3. The van der Waals surface area contributed by atoms with Crippen molar-refractivity contribution in [2.75, 3.05) is 0 Å². The first-order chi connectivity index (χ1) is 6.49. The molecule has 1 aromatic rings. The van der Waals surface area contributed by atoms with Crippen LogP contribution in [-0.2, 0) is 0 Å². The minimum atomic E-state index is -0.0529. The molecule has 5 heteroatoms. The average molecular weight is 214 g/mol. The first-order valence-corrected chi connectivity index (χ1v) is 4.55. The highest BCUT2D eigenvalue weighted by Crippen LogP contribution is 2.16. The van der Waals surface area contributed by atoms with Crippen molar-refractivity contribution >= 4 is 17.4 Å². The van der Waals surface area contributed by atoms with E-state index >= 15 is 0 Å². The molecular weight excluding hydrogens is 202 g/mol. The van der Waals surface area contributed by atoms with E-state index in [1.54, 1.807) is 6.07 Å². The first-order valence-electron chi connectivity index (χ1n) is 4.17. The van der Waals surface area contributed by atoms with E-state index in [9.17, 15) is 0 Å². The van der Waals surface area contributed by atoms with Crippen molar-refractivity contribution in [2.24, 2.45) is 5.73 Å². The Morgan fingerprint density at radius 3 is 2.71 bits per heavy atom. The lowest BCUT2D eigenvalue weighted by molar-refractivity contribution is 0.232. The van der Waals surface area contributed by atoms with E-state index in [1.807, 2.05) is 13.8 Å². The van der Waals surface area contributed by atoms with Crippen LogP contribution in [0, 0.1) is 5.41 Å². The third-order valence-corrected chi connectivity index (χ3v) is 1.63. The number of rotatable bonds is 3. The summed E-state index contributed by atoms with van der Waals surface area (Å²) in [6, 6.07) is 3.12. The fraction of sp³-hybridized carbons (Fsp3) is 0.333. The molecular formula is C9H12ClN3O. The Morgan fingerprint density at radius 2 is 2.21 bits per heavy atom. The van der Waals surface area contributed by atoms with Gasteiger partial charge in [0.1, 0.15) is 11.0 Å². The summed E-state index contributed by atoms with van der Waals surface area (Å²) in [5, 5.41) is 7.52. The Hall–Kier alpha value is -1.29. The van der Waals surface area contributed by atoms with Crippen LogP contribution >= 0.6 is 11.6 Å². The normalized spacial score (nSPS) is 10.3. The molecule has 76 valence electrons. The molecule has 14 heavy (non-hydrogen) atoms. The summed E-state index contributed by atoms with van der Waals surface area (Å²) < 4.78 is 5.34. The van der Waals surface area contributed by atoms with Gasteiger partial charge < -0.3 is 10.5 Å². The molecule has 0 bridgehead atoms. The van der Waals surface area contributed by atoms with Crippen molar-refractivity contribution in [3.8, 4) is 5.88 Å². The second kappa shape index (κ2) is 4.28. The maximum Gasteiger partial charge on any atom is 0.215 e. The summed E-state index contributed by atoms with van der Waals surface area (Å²) in [6.45, 7) is 3.77. The molecule has 1 rings (SSSR count). The third-order valence-electron chi connectivity index (χ3n) is 1.44. The summed E-state index contributed by atoms with van der Waals surface area (Å²) in [4.78, 5) is 3.95. The molecule has 0 unspecified atom stereocenters. The molecule has 0 aliphatic rings. The van der Waals surface area contributed by atoms with Crippen LogP contribution in [0.25, 0.3) is 0 Å². The molecule has 0 aliphatic carbocycles. The molecule has 3 N–H and O–H groups in total. The zero-order valence-corrected chi connectivity index (χ0v) is 8.80. The van der Waals surface area contributed by atoms with Crippen molar-refractivity contribution in [3.05, 3.63) is 22.8 Å². The van der Waals surface area contributed by atoms with E-state index in [2.05, 4.69) is 4.98 Å². The Balaban J connectivity index is 3.01. The van der Waals surface area contributed by atoms with Crippen molar-refractivity contribution in [3.63, 3.8) is 0 Å². The van der Waals surface area contributed by atoms with E-state index in [0.29, 0.717) is 11.4 Å². The smallest absolute Gasteiger partial charge is 0.215 e. The van der Waals surface area contributed by atoms with E-state index in [0.717, 1.165) is 0 Å². The van der Waals surface area contributed by atoms with Gasteiger partial charge in [-0.05, 0) is 19.9 Å². The molecule has 1 aromatic heterocycles. The minimum Gasteiger partial charge on any atom is -0.475 e. The van der Waals surface area contributed by atoms with Crippen LogP contribution in [0.15, 0.2) is 12.1 Å². The van der Waals surface area contributed by atoms with Crippen molar-refractivity contribution < 1.29 is 4.74 Å². The number of halogens is 1. The highest BCUT2D eigenvalue weighted by atomic mass is 35.5. The van der Waals surface area contributed by atoms with Gasteiger partial charge in [0.25, 0.3) is 0 Å². The van der Waals surface area contributed by atoms with Crippen LogP contribution in [-0.4, -0.2) is 16.9 Å². The number of nitrogens with two attached hydrogens (primary N) is 1. The number of aromatic nitrogens is 1. The SMILES string of the molecule is CC(C)Oc1cc(C(=N)N)cc(Cl)n1. The number of pyridine rings is 1. The molecule has 0 aliphatic heterocycles. The third kappa shape index (κ3) is 2.88. The van der Waals surface area contributed by atoms with Gasteiger partial charge in [0, 0.05) is 11.6 Å².